The fourth-order valence-corrected chi connectivity index (χ4v) is 0. The van der Waals surface area contributed by atoms with E-state index in [1.807, 2.05) is 0 Å². The number of Topliss-reactive ketones (excluding diaryl/α,β-unsaturated/α-hetero) is 1. The van der Waals surface area contributed by atoms with E-state index in [0.29, 0.717) is 0 Å². The second-order valence-corrected chi connectivity index (χ2v) is 2.45. The Balaban J connectivity index is -0.0000000910. The van der Waals surface area contributed by atoms with Crippen molar-refractivity contribution in [3.05, 3.63) is 0 Å². The second-order valence-electron chi connectivity index (χ2n) is 1.42. The minimum absolute atomic E-state index is 0. The molecule has 0 bridgehead atoms. The van der Waals surface area contributed by atoms with Crippen LogP contribution < -0.4 is 0 Å². The Morgan fingerprint density at radius 2 is 1.20 bits per heavy atom. The van der Waals surface area contributed by atoms with Crippen molar-refractivity contribution in [1.82, 2.24) is 0 Å². The Kier molecular flexibility index (Phi) is 14.0. The zero-order chi connectivity index (χ0) is 8.08. The van der Waals surface area contributed by atoms with Crippen LogP contribution in [0.2, 0.25) is 0 Å². The summed E-state index contributed by atoms with van der Waals surface area (Å²) in [7, 11) is -4.64. The first-order valence-corrected chi connectivity index (χ1v) is 3.55. The normalized spacial score (nSPS) is 8.50. The fourth-order valence-electron chi connectivity index (χ4n) is 0. The van der Waals surface area contributed by atoms with E-state index in [1.54, 1.807) is 0 Å². The summed E-state index contributed by atoms with van der Waals surface area (Å²) in [5.74, 6) is 0.167. The molecule has 0 rings (SSSR count). The fraction of sp³-hybridized carbons (Fsp3) is 0.667. The van der Waals surface area contributed by atoms with E-state index in [0.717, 1.165) is 0 Å². The predicted molar refractivity (Wildman–Crippen MR) is 39.2 cm³/mol. The maximum absolute atomic E-state index is 9.44. The number of hydrogen-bond acceptors (Lipinski definition) is 2. The molecule has 0 amide bonds. The number of ketones is 1. The van der Waals surface area contributed by atoms with Crippen molar-refractivity contribution in [1.29, 1.82) is 0 Å². The molecular weight excluding hydrogens is 187 g/mol. The zero-order valence-electron chi connectivity index (χ0n) is 5.11. The van der Waals surface area contributed by atoms with Crippen LogP contribution in [0.5, 0.6) is 0 Å². The van der Waals surface area contributed by atoms with Crippen LogP contribution >= 0.6 is 7.82 Å². The van der Waals surface area contributed by atoms with Gasteiger partial charge in [0.1, 0.15) is 5.78 Å². The number of carbonyl (C=O) groups excluding carboxylic acids is 1. The topological polar surface area (TPSA) is 94.8 Å². The standard InChI is InChI=1S/C3H6O.Ca.H3O4P.2H/c1-3(2)4;;1-5(2,3)4;;/h1-2H3;;(H3,1,2,3,4);;. The summed E-state index contributed by atoms with van der Waals surface area (Å²) in [4.78, 5) is 31.0. The molecule has 0 heterocycles. The van der Waals surface area contributed by atoms with Crippen molar-refractivity contribution in [3.63, 3.8) is 0 Å². The molecule has 0 radical (unpaired) electrons. The summed E-state index contributed by atoms with van der Waals surface area (Å²) in [5, 5.41) is 0. The summed E-state index contributed by atoms with van der Waals surface area (Å²) in [6.07, 6.45) is 0. The van der Waals surface area contributed by atoms with Crippen LogP contribution in [0.4, 0.5) is 0 Å². The predicted octanol–water partition coefficient (Wildman–Crippen LogP) is -1.25. The van der Waals surface area contributed by atoms with E-state index in [4.69, 9.17) is 19.2 Å². The Labute approximate surface area is 88.7 Å². The van der Waals surface area contributed by atoms with Gasteiger partial charge in [-0.2, -0.15) is 0 Å². The molecule has 0 aliphatic carbocycles. The van der Waals surface area contributed by atoms with Gasteiger partial charge in [0.2, 0.25) is 0 Å². The van der Waals surface area contributed by atoms with Crippen molar-refractivity contribution in [2.45, 2.75) is 13.8 Å². The molecule has 0 fully saturated rings. The van der Waals surface area contributed by atoms with Crippen molar-refractivity contribution in [2.75, 3.05) is 0 Å². The first kappa shape index (κ1) is 17.2. The third-order valence-corrected chi connectivity index (χ3v) is 0. The third-order valence-electron chi connectivity index (χ3n) is 0. The van der Waals surface area contributed by atoms with E-state index in [2.05, 4.69) is 0 Å². The van der Waals surface area contributed by atoms with Crippen molar-refractivity contribution in [3.8, 4) is 0 Å². The molecule has 7 heteroatoms. The third kappa shape index (κ3) is 540. The van der Waals surface area contributed by atoms with Crippen molar-refractivity contribution >= 4 is 51.3 Å². The maximum atomic E-state index is 9.44. The van der Waals surface area contributed by atoms with Gasteiger partial charge in [-0.25, -0.2) is 4.57 Å². The summed E-state index contributed by atoms with van der Waals surface area (Å²) in [6, 6.07) is 0. The summed E-state index contributed by atoms with van der Waals surface area (Å²) in [5.41, 5.74) is 0. The molecule has 0 saturated heterocycles. The van der Waals surface area contributed by atoms with Gasteiger partial charge in [0, 0.05) is 0 Å². The van der Waals surface area contributed by atoms with Crippen molar-refractivity contribution < 1.29 is 24.0 Å². The molecule has 0 aromatic heterocycles. The first-order valence-electron chi connectivity index (χ1n) is 1.99. The van der Waals surface area contributed by atoms with E-state index < -0.39 is 7.82 Å². The SMILES string of the molecule is CC(C)=O.O=P(O)(O)O.[CaH2]. The number of hydrogen-bond donors (Lipinski definition) is 3. The van der Waals surface area contributed by atoms with Gasteiger partial charge >= 0.3 is 45.6 Å². The van der Waals surface area contributed by atoms with Crippen molar-refractivity contribution in [2.24, 2.45) is 0 Å². The van der Waals surface area contributed by atoms with Gasteiger partial charge in [0.05, 0.1) is 0 Å². The molecule has 0 atom stereocenters. The van der Waals surface area contributed by atoms with Gasteiger partial charge in [-0.15, -0.1) is 0 Å². The van der Waals surface area contributed by atoms with Crippen LogP contribution in [0.25, 0.3) is 0 Å². The summed E-state index contributed by atoms with van der Waals surface area (Å²) in [6.45, 7) is 3.06. The van der Waals surface area contributed by atoms with E-state index in [1.165, 1.54) is 13.8 Å². The average molecular weight is 198 g/mol. The van der Waals surface area contributed by atoms with E-state index >= 15 is 0 Å². The number of phosphoric acid groups is 1. The minimum atomic E-state index is -4.64. The van der Waals surface area contributed by atoms with Crippen LogP contribution in [0.15, 0.2) is 0 Å². The van der Waals surface area contributed by atoms with Gasteiger partial charge in [0.15, 0.2) is 0 Å². The molecule has 5 nitrogen and oxygen atoms in total. The number of rotatable bonds is 0. The van der Waals surface area contributed by atoms with Crippen LogP contribution in [0.3, 0.4) is 0 Å². The quantitative estimate of drug-likeness (QED) is 0.334. The summed E-state index contributed by atoms with van der Waals surface area (Å²) < 4.78 is 8.88. The number of carbonyl (C=O) groups is 1. The Morgan fingerprint density at radius 1 is 1.20 bits per heavy atom. The monoisotopic (exact) mass is 198 g/mol. The molecule has 60 valence electrons. The van der Waals surface area contributed by atoms with E-state index in [-0.39, 0.29) is 43.5 Å². The Hall–Kier alpha value is 1.04. The molecule has 0 spiro atoms. The van der Waals surface area contributed by atoms with Crippen LogP contribution in [0.1, 0.15) is 13.8 Å². The Bertz CT molecular complexity index is 117. The molecule has 0 aromatic carbocycles. The van der Waals surface area contributed by atoms with Crippen LogP contribution in [0, 0.1) is 0 Å². The molecule has 0 aromatic rings. The van der Waals surface area contributed by atoms with Gasteiger partial charge in [-0.05, 0) is 13.8 Å². The van der Waals surface area contributed by atoms with Gasteiger partial charge < -0.3 is 19.5 Å². The van der Waals surface area contributed by atoms with Gasteiger partial charge in [-0.3, -0.25) is 0 Å². The second kappa shape index (κ2) is 8.14. The molecular formula is C3H11CaO5P. The van der Waals surface area contributed by atoms with Crippen LogP contribution in [-0.4, -0.2) is 58.2 Å². The summed E-state index contributed by atoms with van der Waals surface area (Å²) >= 11 is 0. The molecule has 10 heavy (non-hydrogen) atoms. The first-order chi connectivity index (χ1) is 3.73. The zero-order valence-corrected chi connectivity index (χ0v) is 6.00. The van der Waals surface area contributed by atoms with Gasteiger partial charge in [0.25, 0.3) is 0 Å². The van der Waals surface area contributed by atoms with E-state index in [9.17, 15) is 4.79 Å². The molecule has 0 unspecified atom stereocenters. The van der Waals surface area contributed by atoms with Crippen LogP contribution in [-0.2, 0) is 9.36 Å². The molecule has 0 aliphatic heterocycles. The average Bonchev–Trinajstić information content (AvgIpc) is 1.19. The van der Waals surface area contributed by atoms with Gasteiger partial charge in [-0.1, -0.05) is 0 Å². The molecule has 0 saturated carbocycles. The molecule has 0 aliphatic rings. The molecule has 3 N–H and O–H groups in total. The Morgan fingerprint density at radius 3 is 1.20 bits per heavy atom.